The van der Waals surface area contributed by atoms with Gasteiger partial charge in [-0.2, -0.15) is 0 Å². The van der Waals surface area contributed by atoms with E-state index in [0.717, 1.165) is 5.56 Å². The second-order valence-corrected chi connectivity index (χ2v) is 7.53. The number of phenols is 1. The summed E-state index contributed by atoms with van der Waals surface area (Å²) in [5.74, 6) is -0.560. The van der Waals surface area contributed by atoms with Crippen molar-refractivity contribution in [2.75, 3.05) is 18.4 Å². The van der Waals surface area contributed by atoms with Gasteiger partial charge in [-0.05, 0) is 30.5 Å². The number of hydrogen-bond acceptors (Lipinski definition) is 4. The number of piperidine rings is 1. The molecule has 2 aromatic carbocycles. The van der Waals surface area contributed by atoms with E-state index >= 15 is 0 Å². The summed E-state index contributed by atoms with van der Waals surface area (Å²) in [6, 6.07) is 15.7. The zero-order valence-corrected chi connectivity index (χ0v) is 17.0. The average molecular weight is 409 g/mol. The van der Waals surface area contributed by atoms with Crippen LogP contribution in [0.15, 0.2) is 54.6 Å². The van der Waals surface area contributed by atoms with Crippen LogP contribution in [0.4, 0.5) is 5.69 Å². The molecule has 0 saturated carbocycles. The Bertz CT molecular complexity index is 892. The molecule has 0 unspecified atom stereocenters. The Hall–Kier alpha value is -3.35. The first-order chi connectivity index (χ1) is 14.4. The van der Waals surface area contributed by atoms with E-state index in [0.29, 0.717) is 31.6 Å². The number of likely N-dealkylation sites (tertiary alicyclic amines) is 1. The Kier molecular flexibility index (Phi) is 7.06. The summed E-state index contributed by atoms with van der Waals surface area (Å²) in [5.41, 5.74) is 1.28. The molecule has 0 aliphatic carbocycles. The Morgan fingerprint density at radius 1 is 1.03 bits per heavy atom. The van der Waals surface area contributed by atoms with Crippen LogP contribution in [-0.2, 0) is 14.4 Å². The minimum Gasteiger partial charge on any atom is -0.506 e. The molecule has 1 heterocycles. The SMILES string of the molecule is CC(=O)N[C@@H](CC(=O)N1CCC(C(=O)Nc2ccccc2O)CC1)c1ccccc1. The summed E-state index contributed by atoms with van der Waals surface area (Å²) in [6.07, 6.45) is 1.29. The Balaban J connectivity index is 1.54. The molecule has 1 aliphatic heterocycles. The number of rotatable bonds is 6. The highest BCUT2D eigenvalue weighted by atomic mass is 16.3. The first-order valence-electron chi connectivity index (χ1n) is 10.1. The van der Waals surface area contributed by atoms with Crippen LogP contribution >= 0.6 is 0 Å². The molecule has 0 radical (unpaired) electrons. The molecule has 0 aromatic heterocycles. The highest BCUT2D eigenvalue weighted by molar-refractivity contribution is 5.94. The molecular weight excluding hydrogens is 382 g/mol. The lowest BCUT2D eigenvalue weighted by Gasteiger charge is -2.32. The van der Waals surface area contributed by atoms with Crippen LogP contribution < -0.4 is 10.6 Å². The fourth-order valence-electron chi connectivity index (χ4n) is 3.69. The largest absolute Gasteiger partial charge is 0.506 e. The predicted molar refractivity (Wildman–Crippen MR) is 114 cm³/mol. The van der Waals surface area contributed by atoms with E-state index in [1.165, 1.54) is 13.0 Å². The molecular formula is C23H27N3O4. The van der Waals surface area contributed by atoms with Crippen molar-refractivity contribution in [2.45, 2.75) is 32.2 Å². The van der Waals surface area contributed by atoms with E-state index in [9.17, 15) is 19.5 Å². The van der Waals surface area contributed by atoms with E-state index in [4.69, 9.17) is 0 Å². The second-order valence-electron chi connectivity index (χ2n) is 7.53. The number of nitrogens with one attached hydrogen (secondary N) is 2. The lowest BCUT2D eigenvalue weighted by molar-refractivity contribution is -0.135. The van der Waals surface area contributed by atoms with E-state index in [1.54, 1.807) is 23.1 Å². The topological polar surface area (TPSA) is 98.7 Å². The zero-order chi connectivity index (χ0) is 21.5. The summed E-state index contributed by atoms with van der Waals surface area (Å²) in [4.78, 5) is 38.7. The Morgan fingerprint density at radius 3 is 2.30 bits per heavy atom. The zero-order valence-electron chi connectivity index (χ0n) is 17.0. The van der Waals surface area contributed by atoms with Gasteiger partial charge in [-0.3, -0.25) is 14.4 Å². The third-order valence-electron chi connectivity index (χ3n) is 5.34. The van der Waals surface area contributed by atoms with Crippen molar-refractivity contribution in [3.8, 4) is 5.75 Å². The molecule has 1 saturated heterocycles. The lowest BCUT2D eigenvalue weighted by Crippen LogP contribution is -2.43. The van der Waals surface area contributed by atoms with Crippen molar-refractivity contribution >= 4 is 23.4 Å². The number of amides is 3. The monoisotopic (exact) mass is 409 g/mol. The number of carbonyl (C=O) groups excluding carboxylic acids is 3. The maximum atomic E-state index is 12.8. The molecule has 0 bridgehead atoms. The van der Waals surface area contributed by atoms with Gasteiger partial charge in [0.05, 0.1) is 18.2 Å². The molecule has 7 heteroatoms. The van der Waals surface area contributed by atoms with Gasteiger partial charge in [0, 0.05) is 25.9 Å². The van der Waals surface area contributed by atoms with Crippen molar-refractivity contribution < 1.29 is 19.5 Å². The van der Waals surface area contributed by atoms with Gasteiger partial charge in [-0.25, -0.2) is 0 Å². The van der Waals surface area contributed by atoms with E-state index < -0.39 is 0 Å². The van der Waals surface area contributed by atoms with E-state index in [-0.39, 0.29) is 41.9 Å². The molecule has 1 aliphatic rings. The van der Waals surface area contributed by atoms with Gasteiger partial charge >= 0.3 is 0 Å². The van der Waals surface area contributed by atoms with Gasteiger partial charge in [0.1, 0.15) is 5.75 Å². The predicted octanol–water partition coefficient (Wildman–Crippen LogP) is 2.84. The first kappa shape index (κ1) is 21.4. The number of anilines is 1. The smallest absolute Gasteiger partial charge is 0.227 e. The lowest BCUT2D eigenvalue weighted by atomic mass is 9.95. The summed E-state index contributed by atoms with van der Waals surface area (Å²) in [5, 5.41) is 15.4. The highest BCUT2D eigenvalue weighted by Crippen LogP contribution is 2.26. The number of nitrogens with zero attached hydrogens (tertiary/aromatic N) is 1. The molecule has 158 valence electrons. The van der Waals surface area contributed by atoms with Gasteiger partial charge in [-0.1, -0.05) is 42.5 Å². The first-order valence-corrected chi connectivity index (χ1v) is 10.1. The van der Waals surface area contributed by atoms with Gasteiger partial charge in [-0.15, -0.1) is 0 Å². The number of carbonyl (C=O) groups is 3. The molecule has 2 aromatic rings. The summed E-state index contributed by atoms with van der Waals surface area (Å²) in [7, 11) is 0. The van der Waals surface area contributed by atoms with Gasteiger partial charge in [0.2, 0.25) is 17.7 Å². The Labute approximate surface area is 176 Å². The van der Waals surface area contributed by atoms with Crippen LogP contribution in [-0.4, -0.2) is 40.8 Å². The van der Waals surface area contributed by atoms with E-state index in [1.807, 2.05) is 30.3 Å². The van der Waals surface area contributed by atoms with Crippen LogP contribution in [0.25, 0.3) is 0 Å². The van der Waals surface area contributed by atoms with E-state index in [2.05, 4.69) is 10.6 Å². The second kappa shape index (κ2) is 9.91. The third kappa shape index (κ3) is 5.59. The number of hydrogen-bond donors (Lipinski definition) is 3. The van der Waals surface area contributed by atoms with Gasteiger partial charge in [0.25, 0.3) is 0 Å². The molecule has 3 rings (SSSR count). The van der Waals surface area contributed by atoms with Crippen LogP contribution in [0, 0.1) is 5.92 Å². The average Bonchev–Trinajstić information content (AvgIpc) is 2.75. The minimum atomic E-state index is -0.377. The molecule has 1 atom stereocenters. The summed E-state index contributed by atoms with van der Waals surface area (Å²) >= 11 is 0. The number of aromatic hydroxyl groups is 1. The van der Waals surface area contributed by atoms with Crippen molar-refractivity contribution in [2.24, 2.45) is 5.92 Å². The number of para-hydroxylation sites is 2. The summed E-state index contributed by atoms with van der Waals surface area (Å²) in [6.45, 7) is 2.41. The maximum absolute atomic E-state index is 12.8. The van der Waals surface area contributed by atoms with Crippen LogP contribution in [0.2, 0.25) is 0 Å². The quantitative estimate of drug-likeness (QED) is 0.639. The van der Waals surface area contributed by atoms with Crippen molar-refractivity contribution in [3.63, 3.8) is 0 Å². The van der Waals surface area contributed by atoms with Gasteiger partial charge < -0.3 is 20.6 Å². The number of phenolic OH excluding ortho intramolecular Hbond substituents is 1. The Morgan fingerprint density at radius 2 is 1.67 bits per heavy atom. The van der Waals surface area contributed by atoms with Crippen molar-refractivity contribution in [1.82, 2.24) is 10.2 Å². The van der Waals surface area contributed by atoms with Crippen LogP contribution in [0.3, 0.4) is 0 Å². The molecule has 0 spiro atoms. The van der Waals surface area contributed by atoms with Gasteiger partial charge in [0.15, 0.2) is 0 Å². The van der Waals surface area contributed by atoms with Crippen LogP contribution in [0.1, 0.15) is 37.8 Å². The molecule has 30 heavy (non-hydrogen) atoms. The normalized spacial score (nSPS) is 15.3. The maximum Gasteiger partial charge on any atom is 0.227 e. The highest BCUT2D eigenvalue weighted by Gasteiger charge is 2.29. The third-order valence-corrected chi connectivity index (χ3v) is 5.34. The summed E-state index contributed by atoms with van der Waals surface area (Å²) < 4.78 is 0. The fraction of sp³-hybridized carbons (Fsp3) is 0.348. The molecule has 1 fully saturated rings. The van der Waals surface area contributed by atoms with Crippen molar-refractivity contribution in [1.29, 1.82) is 0 Å². The molecule has 7 nitrogen and oxygen atoms in total. The molecule has 3 amide bonds. The minimum absolute atomic E-state index is 0.0309. The van der Waals surface area contributed by atoms with Crippen LogP contribution in [0.5, 0.6) is 5.75 Å². The van der Waals surface area contributed by atoms with Crippen molar-refractivity contribution in [3.05, 3.63) is 60.2 Å². The molecule has 3 N–H and O–H groups in total. The standard InChI is InChI=1S/C23H27N3O4/c1-16(27)24-20(17-7-3-2-4-8-17)15-22(29)26-13-11-18(12-14-26)23(30)25-19-9-5-6-10-21(19)28/h2-10,18,20,28H,11-15H2,1H3,(H,24,27)(H,25,30)/t20-/m0/s1. The number of benzene rings is 2. The fourth-order valence-corrected chi connectivity index (χ4v) is 3.69.